The predicted molar refractivity (Wildman–Crippen MR) is 99.2 cm³/mol. The van der Waals surface area contributed by atoms with Crippen molar-refractivity contribution in [3.63, 3.8) is 0 Å². The molecule has 0 bridgehead atoms. The van der Waals surface area contributed by atoms with E-state index in [1.165, 1.54) is 12.7 Å². The molecule has 5 nitrogen and oxygen atoms in total. The van der Waals surface area contributed by atoms with Crippen molar-refractivity contribution in [1.82, 2.24) is 4.90 Å². The van der Waals surface area contributed by atoms with Crippen molar-refractivity contribution in [2.24, 2.45) is 0 Å². The van der Waals surface area contributed by atoms with E-state index in [-0.39, 0.29) is 12.0 Å². The fraction of sp³-hybridized carbons (Fsp3) is 0.429. The van der Waals surface area contributed by atoms with Crippen molar-refractivity contribution < 1.29 is 19.1 Å². The van der Waals surface area contributed by atoms with E-state index >= 15 is 0 Å². The summed E-state index contributed by atoms with van der Waals surface area (Å²) in [4.78, 5) is 27.0. The van der Waals surface area contributed by atoms with E-state index in [0.717, 1.165) is 31.4 Å². The molecule has 1 aromatic rings. The van der Waals surface area contributed by atoms with Crippen LogP contribution in [0.1, 0.15) is 37.8 Å². The van der Waals surface area contributed by atoms with E-state index in [9.17, 15) is 9.59 Å². The molecule has 1 aromatic carbocycles. The van der Waals surface area contributed by atoms with E-state index in [4.69, 9.17) is 9.47 Å². The fourth-order valence-electron chi connectivity index (χ4n) is 3.46. The highest BCUT2D eigenvalue weighted by molar-refractivity contribution is 6.16. The van der Waals surface area contributed by atoms with Gasteiger partial charge < -0.3 is 14.4 Å². The summed E-state index contributed by atoms with van der Waals surface area (Å²) in [7, 11) is 1.34. The van der Waals surface area contributed by atoms with Gasteiger partial charge in [0.25, 0.3) is 5.91 Å². The SMILES string of the molecule is CCc1ccc(C=C2C(=O)N(CC3CCCO3)C(C)=C2C(=O)OC)cc1. The molecule has 3 rings (SSSR count). The Morgan fingerprint density at radius 3 is 2.65 bits per heavy atom. The molecular weight excluding hydrogens is 330 g/mol. The second-order valence-electron chi connectivity index (χ2n) is 6.66. The molecule has 2 heterocycles. The van der Waals surface area contributed by atoms with Gasteiger partial charge in [-0.05, 0) is 43.4 Å². The number of esters is 1. The number of methoxy groups -OCH3 is 1. The third-order valence-electron chi connectivity index (χ3n) is 5.01. The Kier molecular flexibility index (Phi) is 5.57. The van der Waals surface area contributed by atoms with E-state index in [2.05, 4.69) is 6.92 Å². The first-order valence-corrected chi connectivity index (χ1v) is 9.08. The summed E-state index contributed by atoms with van der Waals surface area (Å²) in [5, 5.41) is 0. The maximum atomic E-state index is 13.0. The number of benzene rings is 1. The van der Waals surface area contributed by atoms with Gasteiger partial charge in [-0.1, -0.05) is 31.2 Å². The Bertz CT molecular complexity index is 755. The summed E-state index contributed by atoms with van der Waals surface area (Å²) < 4.78 is 10.6. The first kappa shape index (κ1) is 18.4. The highest BCUT2D eigenvalue weighted by atomic mass is 16.5. The lowest BCUT2D eigenvalue weighted by atomic mass is 10.0. The lowest BCUT2D eigenvalue weighted by molar-refractivity contribution is -0.136. The number of aryl methyl sites for hydroxylation is 1. The highest BCUT2D eigenvalue weighted by Gasteiger charge is 2.38. The molecule has 0 saturated carbocycles. The van der Waals surface area contributed by atoms with Crippen LogP contribution in [0.25, 0.3) is 6.08 Å². The van der Waals surface area contributed by atoms with Gasteiger partial charge in [-0.3, -0.25) is 4.79 Å². The first-order valence-electron chi connectivity index (χ1n) is 9.08. The van der Waals surface area contributed by atoms with E-state index in [0.29, 0.717) is 23.4 Å². The second-order valence-corrected chi connectivity index (χ2v) is 6.66. The zero-order valence-corrected chi connectivity index (χ0v) is 15.6. The molecule has 5 heteroatoms. The lowest BCUT2D eigenvalue weighted by Gasteiger charge is -2.21. The minimum absolute atomic E-state index is 0.0241. The molecule has 0 aromatic heterocycles. The molecule has 2 aliphatic heterocycles. The van der Waals surface area contributed by atoms with Gasteiger partial charge in [0.1, 0.15) is 0 Å². The standard InChI is InChI=1S/C21H25NO4/c1-4-15-7-9-16(10-8-15)12-18-19(21(24)25-3)14(2)22(20(18)23)13-17-6-5-11-26-17/h7-10,12,17H,4-6,11,13H2,1-3H3. The number of nitrogens with zero attached hydrogens (tertiary/aromatic N) is 1. The number of carbonyl (C=O) groups is 2. The first-order chi connectivity index (χ1) is 12.5. The van der Waals surface area contributed by atoms with Crippen molar-refractivity contribution in [2.45, 2.75) is 39.2 Å². The van der Waals surface area contributed by atoms with Gasteiger partial charge in [0.05, 0.1) is 30.9 Å². The minimum atomic E-state index is -0.484. The number of allylic oxidation sites excluding steroid dienone is 1. The molecule has 1 saturated heterocycles. The lowest BCUT2D eigenvalue weighted by Crippen LogP contribution is -2.33. The van der Waals surface area contributed by atoms with Gasteiger partial charge in [0.2, 0.25) is 0 Å². The summed E-state index contributed by atoms with van der Waals surface area (Å²) in [6.07, 6.45) is 4.69. The van der Waals surface area contributed by atoms with Gasteiger partial charge in [0.15, 0.2) is 0 Å². The van der Waals surface area contributed by atoms with Crippen LogP contribution in [0, 0.1) is 0 Å². The molecule has 26 heavy (non-hydrogen) atoms. The molecule has 0 aliphatic carbocycles. The van der Waals surface area contributed by atoms with Crippen molar-refractivity contribution in [3.05, 3.63) is 52.2 Å². The van der Waals surface area contributed by atoms with Crippen molar-refractivity contribution in [3.8, 4) is 0 Å². The predicted octanol–water partition coefficient (Wildman–Crippen LogP) is 3.10. The number of hydrogen-bond acceptors (Lipinski definition) is 4. The molecule has 1 amide bonds. The van der Waals surface area contributed by atoms with Gasteiger partial charge in [0, 0.05) is 12.3 Å². The van der Waals surface area contributed by atoms with Crippen LogP contribution in [0.2, 0.25) is 0 Å². The Labute approximate surface area is 154 Å². The van der Waals surface area contributed by atoms with Gasteiger partial charge >= 0.3 is 5.97 Å². The van der Waals surface area contributed by atoms with Gasteiger partial charge in [-0.25, -0.2) is 4.79 Å². The summed E-state index contributed by atoms with van der Waals surface area (Å²) >= 11 is 0. The monoisotopic (exact) mass is 355 g/mol. The van der Waals surface area contributed by atoms with Crippen LogP contribution in [0.5, 0.6) is 0 Å². The van der Waals surface area contributed by atoms with Crippen LogP contribution < -0.4 is 0 Å². The average Bonchev–Trinajstić information content (AvgIpc) is 3.25. The fourth-order valence-corrected chi connectivity index (χ4v) is 3.46. The highest BCUT2D eigenvalue weighted by Crippen LogP contribution is 2.32. The van der Waals surface area contributed by atoms with Gasteiger partial charge in [-0.15, -0.1) is 0 Å². The van der Waals surface area contributed by atoms with Crippen LogP contribution in [0.3, 0.4) is 0 Å². The van der Waals surface area contributed by atoms with Crippen LogP contribution in [0.4, 0.5) is 0 Å². The smallest absolute Gasteiger partial charge is 0.340 e. The molecular formula is C21H25NO4. The third-order valence-corrected chi connectivity index (χ3v) is 5.01. The Morgan fingerprint density at radius 2 is 2.08 bits per heavy atom. The third kappa shape index (κ3) is 3.58. The van der Waals surface area contributed by atoms with E-state index in [1.54, 1.807) is 17.9 Å². The average molecular weight is 355 g/mol. The molecule has 0 spiro atoms. The zero-order chi connectivity index (χ0) is 18.7. The van der Waals surface area contributed by atoms with Crippen molar-refractivity contribution in [2.75, 3.05) is 20.3 Å². The largest absolute Gasteiger partial charge is 0.465 e. The zero-order valence-electron chi connectivity index (χ0n) is 15.6. The maximum absolute atomic E-state index is 13.0. The molecule has 138 valence electrons. The second kappa shape index (κ2) is 7.87. The van der Waals surface area contributed by atoms with Crippen LogP contribution in [-0.2, 0) is 25.5 Å². The number of carbonyl (C=O) groups excluding carboxylic acids is 2. The van der Waals surface area contributed by atoms with Crippen molar-refractivity contribution >= 4 is 18.0 Å². The van der Waals surface area contributed by atoms with Crippen LogP contribution in [0.15, 0.2) is 41.1 Å². The Balaban J connectivity index is 1.94. The number of rotatable bonds is 5. The summed E-state index contributed by atoms with van der Waals surface area (Å²) in [6, 6.07) is 7.99. The summed E-state index contributed by atoms with van der Waals surface area (Å²) in [5.41, 5.74) is 3.48. The molecule has 2 aliphatic rings. The Morgan fingerprint density at radius 1 is 1.35 bits per heavy atom. The molecule has 1 atom stereocenters. The molecule has 0 N–H and O–H groups in total. The Hall–Kier alpha value is -2.40. The van der Waals surface area contributed by atoms with Crippen LogP contribution in [-0.4, -0.2) is 43.1 Å². The molecule has 1 unspecified atom stereocenters. The normalized spacial score (nSPS) is 21.8. The van der Waals surface area contributed by atoms with Crippen LogP contribution >= 0.6 is 0 Å². The number of hydrogen-bond donors (Lipinski definition) is 0. The van der Waals surface area contributed by atoms with E-state index in [1.807, 2.05) is 24.3 Å². The molecule has 0 radical (unpaired) electrons. The van der Waals surface area contributed by atoms with Gasteiger partial charge in [-0.2, -0.15) is 0 Å². The quantitative estimate of drug-likeness (QED) is 0.602. The molecule has 1 fully saturated rings. The number of ether oxygens (including phenoxy) is 2. The minimum Gasteiger partial charge on any atom is -0.465 e. The number of amides is 1. The van der Waals surface area contributed by atoms with Crippen molar-refractivity contribution in [1.29, 1.82) is 0 Å². The van der Waals surface area contributed by atoms with E-state index < -0.39 is 5.97 Å². The maximum Gasteiger partial charge on any atom is 0.340 e. The topological polar surface area (TPSA) is 55.8 Å². The summed E-state index contributed by atoms with van der Waals surface area (Å²) in [5.74, 6) is -0.653. The summed E-state index contributed by atoms with van der Waals surface area (Å²) in [6.45, 7) is 5.08.